The number of carbonyl (C=O) groups excluding carboxylic acids is 1. The SMILES string of the molecule is CN(C)C=O.Cn1c(=O)c2c(nc(N3CCCC(N)C3)n2-c2ccc3ccccc3c2)n(C)c1=O. The van der Waals surface area contributed by atoms with Gasteiger partial charge in [0.15, 0.2) is 11.2 Å². The van der Waals surface area contributed by atoms with Crippen molar-refractivity contribution in [2.45, 2.75) is 18.9 Å². The van der Waals surface area contributed by atoms with E-state index >= 15 is 0 Å². The van der Waals surface area contributed by atoms with Crippen LogP contribution in [0.15, 0.2) is 52.1 Å². The van der Waals surface area contributed by atoms with E-state index in [0.29, 0.717) is 23.7 Å². The number of fused-ring (bicyclic) bond motifs is 2. The zero-order chi connectivity index (χ0) is 25.3. The first-order valence-electron chi connectivity index (χ1n) is 11.5. The molecule has 1 aliphatic rings. The molecule has 1 saturated heterocycles. The molecule has 3 heterocycles. The van der Waals surface area contributed by atoms with Crippen LogP contribution in [0.25, 0.3) is 27.6 Å². The van der Waals surface area contributed by atoms with Crippen molar-refractivity contribution in [2.75, 3.05) is 32.1 Å². The van der Waals surface area contributed by atoms with E-state index in [-0.39, 0.29) is 11.6 Å². The fourth-order valence-electron chi connectivity index (χ4n) is 4.35. The maximum atomic E-state index is 13.2. The molecule has 1 unspecified atom stereocenters. The molecule has 184 valence electrons. The van der Waals surface area contributed by atoms with Crippen molar-refractivity contribution < 1.29 is 4.79 Å². The van der Waals surface area contributed by atoms with Crippen LogP contribution in [-0.2, 0) is 18.9 Å². The standard InChI is InChI=1S/C22H24N6O2.C3H7NO/c1-25-19-18(20(29)26(2)22(25)30)28(21(24-19)27-11-5-8-16(23)13-27)17-10-9-14-6-3-4-7-15(14)12-17;1-4(2)3-5/h3-4,6-7,9-10,12,16H,5,8,11,13,23H2,1-2H3;3H,1-2H3. The Bertz CT molecular complexity index is 1500. The molecule has 2 N–H and O–H groups in total. The summed E-state index contributed by atoms with van der Waals surface area (Å²) < 4.78 is 4.44. The maximum Gasteiger partial charge on any atom is 0.332 e. The highest BCUT2D eigenvalue weighted by Crippen LogP contribution is 2.28. The lowest BCUT2D eigenvalue weighted by Gasteiger charge is -2.31. The van der Waals surface area contributed by atoms with Crippen LogP contribution < -0.4 is 21.9 Å². The van der Waals surface area contributed by atoms with Gasteiger partial charge >= 0.3 is 5.69 Å². The summed E-state index contributed by atoms with van der Waals surface area (Å²) >= 11 is 0. The molecular formula is C25H31N7O3. The van der Waals surface area contributed by atoms with Crippen molar-refractivity contribution in [3.63, 3.8) is 0 Å². The van der Waals surface area contributed by atoms with E-state index in [2.05, 4.69) is 11.0 Å². The fraction of sp³-hybridized carbons (Fsp3) is 0.360. The molecule has 0 aliphatic carbocycles. The molecule has 2 aromatic carbocycles. The van der Waals surface area contributed by atoms with Crippen molar-refractivity contribution >= 4 is 34.3 Å². The first-order valence-corrected chi connectivity index (χ1v) is 11.5. The largest absolute Gasteiger partial charge is 0.351 e. The van der Waals surface area contributed by atoms with Gasteiger partial charge in [-0.3, -0.25) is 23.3 Å². The highest BCUT2D eigenvalue weighted by Gasteiger charge is 2.26. The van der Waals surface area contributed by atoms with Gasteiger partial charge in [-0.2, -0.15) is 4.98 Å². The smallest absolute Gasteiger partial charge is 0.332 e. The van der Waals surface area contributed by atoms with Crippen LogP contribution in [-0.4, -0.2) is 63.2 Å². The predicted molar refractivity (Wildman–Crippen MR) is 138 cm³/mol. The Morgan fingerprint density at radius 3 is 2.40 bits per heavy atom. The molecule has 1 fully saturated rings. The predicted octanol–water partition coefficient (Wildman–Crippen LogP) is 1.21. The van der Waals surface area contributed by atoms with Crippen molar-refractivity contribution in [1.29, 1.82) is 0 Å². The number of anilines is 1. The van der Waals surface area contributed by atoms with E-state index in [1.165, 1.54) is 16.5 Å². The lowest BCUT2D eigenvalue weighted by molar-refractivity contribution is -0.115. The molecule has 0 saturated carbocycles. The van der Waals surface area contributed by atoms with Gasteiger partial charge in [0.25, 0.3) is 5.56 Å². The number of amides is 1. The topological polar surface area (TPSA) is 111 Å². The van der Waals surface area contributed by atoms with Gasteiger partial charge in [0.05, 0.1) is 5.69 Å². The molecular weight excluding hydrogens is 446 g/mol. The fourth-order valence-corrected chi connectivity index (χ4v) is 4.35. The Hall–Kier alpha value is -3.92. The zero-order valence-electron chi connectivity index (χ0n) is 20.5. The van der Waals surface area contributed by atoms with Crippen LogP contribution in [0.5, 0.6) is 0 Å². The highest BCUT2D eigenvalue weighted by atomic mass is 16.2. The molecule has 35 heavy (non-hydrogen) atoms. The molecule has 0 radical (unpaired) electrons. The summed E-state index contributed by atoms with van der Waals surface area (Å²) in [7, 11) is 6.52. The maximum absolute atomic E-state index is 13.2. The molecule has 2 aromatic heterocycles. The van der Waals surface area contributed by atoms with Gasteiger partial charge in [-0.15, -0.1) is 0 Å². The highest BCUT2D eigenvalue weighted by molar-refractivity contribution is 5.86. The van der Waals surface area contributed by atoms with Crippen molar-refractivity contribution in [1.82, 2.24) is 23.6 Å². The molecule has 1 aliphatic heterocycles. The molecule has 1 atom stereocenters. The molecule has 4 aromatic rings. The van der Waals surface area contributed by atoms with Crippen LogP contribution in [0, 0.1) is 0 Å². The minimum Gasteiger partial charge on any atom is -0.351 e. The zero-order valence-corrected chi connectivity index (χ0v) is 20.5. The van der Waals surface area contributed by atoms with E-state index in [1.807, 2.05) is 41.0 Å². The van der Waals surface area contributed by atoms with E-state index in [9.17, 15) is 14.4 Å². The van der Waals surface area contributed by atoms with Crippen LogP contribution in [0.2, 0.25) is 0 Å². The Balaban J connectivity index is 0.000000527. The number of aromatic nitrogens is 4. The molecule has 10 heteroatoms. The van der Waals surface area contributed by atoms with Crippen molar-refractivity contribution in [3.8, 4) is 5.69 Å². The average Bonchev–Trinajstić information content (AvgIpc) is 3.27. The summed E-state index contributed by atoms with van der Waals surface area (Å²) in [6.07, 6.45) is 2.67. The Kier molecular flexibility index (Phi) is 6.74. The van der Waals surface area contributed by atoms with Crippen LogP contribution in [0.1, 0.15) is 12.8 Å². The monoisotopic (exact) mass is 477 g/mol. The third-order valence-corrected chi connectivity index (χ3v) is 6.18. The normalized spacial score (nSPS) is 15.7. The number of hydrogen-bond donors (Lipinski definition) is 1. The summed E-state index contributed by atoms with van der Waals surface area (Å²) in [5.41, 5.74) is 7.08. The molecule has 10 nitrogen and oxygen atoms in total. The van der Waals surface area contributed by atoms with Gasteiger partial charge in [0, 0.05) is 47.3 Å². The number of benzene rings is 2. The van der Waals surface area contributed by atoms with Crippen molar-refractivity contribution in [3.05, 3.63) is 63.3 Å². The molecule has 0 bridgehead atoms. The van der Waals surface area contributed by atoms with Gasteiger partial charge in [0.1, 0.15) is 0 Å². The lowest BCUT2D eigenvalue weighted by atomic mass is 10.1. The second-order valence-corrected chi connectivity index (χ2v) is 9.07. The van der Waals surface area contributed by atoms with Gasteiger partial charge in [-0.05, 0) is 35.7 Å². The summed E-state index contributed by atoms with van der Waals surface area (Å²) in [5, 5.41) is 2.19. The lowest BCUT2D eigenvalue weighted by Crippen LogP contribution is -2.44. The average molecular weight is 478 g/mol. The third kappa shape index (κ3) is 4.57. The summed E-state index contributed by atoms with van der Waals surface area (Å²) in [4.78, 5) is 43.4. The number of carbonyl (C=O) groups is 1. The Morgan fingerprint density at radius 2 is 1.74 bits per heavy atom. The summed E-state index contributed by atoms with van der Waals surface area (Å²) in [6.45, 7) is 1.46. The summed E-state index contributed by atoms with van der Waals surface area (Å²) in [6, 6.07) is 14.2. The van der Waals surface area contributed by atoms with Crippen LogP contribution >= 0.6 is 0 Å². The van der Waals surface area contributed by atoms with Gasteiger partial charge in [-0.25, -0.2) is 4.79 Å². The second kappa shape index (κ2) is 9.75. The molecule has 5 rings (SSSR count). The first-order chi connectivity index (χ1) is 16.7. The number of aryl methyl sites for hydroxylation is 1. The number of rotatable bonds is 3. The van der Waals surface area contributed by atoms with Gasteiger partial charge < -0.3 is 15.5 Å². The number of nitrogens with zero attached hydrogens (tertiary/aromatic N) is 6. The minimum absolute atomic E-state index is 0.0512. The van der Waals surface area contributed by atoms with E-state index < -0.39 is 5.69 Å². The van der Waals surface area contributed by atoms with Gasteiger partial charge in [0.2, 0.25) is 12.4 Å². The number of nitrogens with two attached hydrogens (primary N) is 1. The quantitative estimate of drug-likeness (QED) is 0.444. The Labute approximate surface area is 202 Å². The first kappa shape index (κ1) is 24.2. The third-order valence-electron chi connectivity index (χ3n) is 6.18. The van der Waals surface area contributed by atoms with E-state index in [4.69, 9.17) is 10.7 Å². The Morgan fingerprint density at radius 1 is 1.06 bits per heavy atom. The number of imidazole rings is 1. The number of piperidine rings is 1. The molecule has 1 amide bonds. The van der Waals surface area contributed by atoms with Crippen LogP contribution in [0.3, 0.4) is 0 Å². The van der Waals surface area contributed by atoms with Gasteiger partial charge in [-0.1, -0.05) is 30.3 Å². The van der Waals surface area contributed by atoms with E-state index in [1.54, 1.807) is 21.1 Å². The van der Waals surface area contributed by atoms with E-state index in [0.717, 1.165) is 46.8 Å². The van der Waals surface area contributed by atoms with Crippen molar-refractivity contribution in [2.24, 2.45) is 19.8 Å². The number of hydrogen-bond acceptors (Lipinski definition) is 6. The summed E-state index contributed by atoms with van der Waals surface area (Å²) in [5.74, 6) is 0.647. The van der Waals surface area contributed by atoms with Crippen LogP contribution in [0.4, 0.5) is 5.95 Å². The second-order valence-electron chi connectivity index (χ2n) is 9.07. The minimum atomic E-state index is -0.391. The molecule has 0 spiro atoms.